The molecule has 178 valence electrons. The number of amidine groups is 1. The molecule has 3 heterocycles. The molecular weight excluding hydrogens is 428 g/mol. The Kier molecular flexibility index (Phi) is 6.33. The topological polar surface area (TPSA) is 118 Å². The van der Waals surface area contributed by atoms with Crippen LogP contribution in [0, 0.1) is 6.92 Å². The van der Waals surface area contributed by atoms with Crippen LogP contribution in [0.2, 0.25) is 0 Å². The molecule has 0 radical (unpaired) electrons. The molecule has 0 amide bonds. The number of hydrogen-bond acceptors (Lipinski definition) is 9. The first-order valence-electron chi connectivity index (χ1n) is 11.7. The number of nitrogens with zero attached hydrogens (tertiary/aromatic N) is 5. The third-order valence-electron chi connectivity index (χ3n) is 6.32. The second kappa shape index (κ2) is 9.70. The summed E-state index contributed by atoms with van der Waals surface area (Å²) in [4.78, 5) is 18.9. The fourth-order valence-electron chi connectivity index (χ4n) is 4.16. The molecule has 3 aliphatic rings. The number of likely N-dealkylation sites (N-methyl/N-ethyl adjacent to an activating group) is 1. The lowest BCUT2D eigenvalue weighted by Crippen LogP contribution is -2.55. The summed E-state index contributed by atoms with van der Waals surface area (Å²) in [5, 5.41) is 6.71. The van der Waals surface area contributed by atoms with Crippen molar-refractivity contribution < 1.29 is 0 Å². The van der Waals surface area contributed by atoms with E-state index in [-0.39, 0.29) is 6.04 Å². The minimum absolute atomic E-state index is 0.167. The van der Waals surface area contributed by atoms with Crippen molar-refractivity contribution in [3.05, 3.63) is 59.7 Å². The van der Waals surface area contributed by atoms with E-state index >= 15 is 0 Å². The number of nitrogens with two attached hydrogens (primary N) is 1. The molecule has 0 saturated carbocycles. The van der Waals surface area contributed by atoms with E-state index in [0.29, 0.717) is 5.96 Å². The maximum Gasteiger partial charge on any atom is 0.242 e. The first-order valence-corrected chi connectivity index (χ1v) is 11.7. The summed E-state index contributed by atoms with van der Waals surface area (Å²) in [6.45, 7) is 5.75. The Morgan fingerprint density at radius 3 is 2.62 bits per heavy atom. The highest BCUT2D eigenvalue weighted by Crippen LogP contribution is 2.21. The van der Waals surface area contributed by atoms with Crippen molar-refractivity contribution in [1.82, 2.24) is 26.0 Å². The van der Waals surface area contributed by atoms with Gasteiger partial charge in [-0.05, 0) is 37.2 Å². The van der Waals surface area contributed by atoms with Gasteiger partial charge in [-0.3, -0.25) is 5.32 Å². The van der Waals surface area contributed by atoms with E-state index in [9.17, 15) is 0 Å². The monoisotopic (exact) mass is 460 g/mol. The first kappa shape index (κ1) is 22.2. The number of aryl methyl sites for hydroxylation is 1. The van der Waals surface area contributed by atoms with Gasteiger partial charge in [0.1, 0.15) is 5.84 Å². The fourth-order valence-corrected chi connectivity index (χ4v) is 4.16. The number of anilines is 2. The highest BCUT2D eigenvalue weighted by molar-refractivity contribution is 6.06. The number of benzene rings is 2. The van der Waals surface area contributed by atoms with Crippen LogP contribution >= 0.6 is 0 Å². The minimum atomic E-state index is -0.583. The van der Waals surface area contributed by atoms with Gasteiger partial charge in [0, 0.05) is 44.0 Å². The van der Waals surface area contributed by atoms with Crippen LogP contribution in [0.5, 0.6) is 0 Å². The van der Waals surface area contributed by atoms with E-state index in [1.807, 2.05) is 43.3 Å². The van der Waals surface area contributed by atoms with Gasteiger partial charge in [-0.25, -0.2) is 20.4 Å². The first-order chi connectivity index (χ1) is 16.5. The number of piperazine rings is 1. The SMILES string of the molecule is Cc1ccc(NC2=NC(N=C3CC(c4ccccc4)NN3)N=C(N3CCN(C)CC3)N2)cc1N. The Bertz CT molecular complexity index is 1100. The Hall–Kier alpha value is -3.63. The van der Waals surface area contributed by atoms with Crippen molar-refractivity contribution in [3.63, 3.8) is 0 Å². The lowest BCUT2D eigenvalue weighted by Gasteiger charge is -2.36. The van der Waals surface area contributed by atoms with Crippen LogP contribution in [0.25, 0.3) is 0 Å². The summed E-state index contributed by atoms with van der Waals surface area (Å²) in [6, 6.07) is 16.4. The quantitative estimate of drug-likeness (QED) is 0.440. The normalized spacial score (nSPS) is 24.3. The minimum Gasteiger partial charge on any atom is -0.398 e. The molecule has 2 fully saturated rings. The maximum absolute atomic E-state index is 6.11. The summed E-state index contributed by atoms with van der Waals surface area (Å²) in [5.41, 5.74) is 16.5. The van der Waals surface area contributed by atoms with E-state index in [1.54, 1.807) is 0 Å². The molecule has 0 bridgehead atoms. The number of hydrazine groups is 1. The highest BCUT2D eigenvalue weighted by Gasteiger charge is 2.26. The standard InChI is InChI=1S/C24H32N10/c1-16-8-9-18(14-19(16)25)26-22-28-23(30-24(29-22)34-12-10-33(2)11-13-34)27-21-15-20(31-32-21)17-6-4-3-5-7-17/h3-9,14,20,23,31H,10-13,15,25H2,1-2H3,(H,27,32)(H2,26,28,29,30). The molecule has 3 aliphatic heterocycles. The number of hydrogen-bond donors (Lipinski definition) is 5. The molecular formula is C24H32N10. The maximum atomic E-state index is 6.11. The number of guanidine groups is 2. The van der Waals surface area contributed by atoms with Gasteiger partial charge in [0.25, 0.3) is 0 Å². The van der Waals surface area contributed by atoms with E-state index in [1.165, 1.54) is 5.56 Å². The Morgan fingerprint density at radius 1 is 1.06 bits per heavy atom. The average Bonchev–Trinajstić information content (AvgIpc) is 3.31. The predicted octanol–water partition coefficient (Wildman–Crippen LogP) is 1.47. The van der Waals surface area contributed by atoms with Gasteiger partial charge in [0.2, 0.25) is 18.2 Å². The summed E-state index contributed by atoms with van der Waals surface area (Å²) < 4.78 is 0. The zero-order valence-electron chi connectivity index (χ0n) is 19.6. The van der Waals surface area contributed by atoms with E-state index < -0.39 is 6.29 Å². The summed E-state index contributed by atoms with van der Waals surface area (Å²) >= 11 is 0. The third-order valence-corrected chi connectivity index (χ3v) is 6.32. The molecule has 6 N–H and O–H groups in total. The van der Waals surface area contributed by atoms with Crippen molar-refractivity contribution in [2.24, 2.45) is 15.0 Å². The van der Waals surface area contributed by atoms with Gasteiger partial charge in [-0.1, -0.05) is 36.4 Å². The Labute approximate surface area is 200 Å². The fraction of sp³-hybridized carbons (Fsp3) is 0.375. The van der Waals surface area contributed by atoms with Crippen molar-refractivity contribution in [1.29, 1.82) is 0 Å². The molecule has 10 heteroatoms. The molecule has 10 nitrogen and oxygen atoms in total. The molecule has 2 saturated heterocycles. The lowest BCUT2D eigenvalue weighted by molar-refractivity contribution is 0.212. The van der Waals surface area contributed by atoms with Gasteiger partial charge in [0.15, 0.2) is 0 Å². The van der Waals surface area contributed by atoms with Gasteiger partial charge in [-0.2, -0.15) is 0 Å². The van der Waals surface area contributed by atoms with Gasteiger partial charge < -0.3 is 26.3 Å². The van der Waals surface area contributed by atoms with Crippen LogP contribution < -0.4 is 27.2 Å². The van der Waals surface area contributed by atoms with Crippen LogP contribution in [0.15, 0.2) is 63.5 Å². The van der Waals surface area contributed by atoms with Crippen LogP contribution in [0.4, 0.5) is 11.4 Å². The third kappa shape index (κ3) is 5.13. The molecule has 2 unspecified atom stereocenters. The zero-order chi connectivity index (χ0) is 23.5. The molecule has 2 aromatic carbocycles. The summed E-state index contributed by atoms with van der Waals surface area (Å²) in [6.07, 6.45) is 0.167. The second-order valence-electron chi connectivity index (χ2n) is 8.90. The molecule has 0 aromatic heterocycles. The summed E-state index contributed by atoms with van der Waals surface area (Å²) in [5.74, 6) is 2.22. The molecule has 0 aliphatic carbocycles. The second-order valence-corrected chi connectivity index (χ2v) is 8.90. The van der Waals surface area contributed by atoms with Gasteiger partial charge in [0.05, 0.1) is 6.04 Å². The van der Waals surface area contributed by atoms with Crippen molar-refractivity contribution >= 4 is 29.1 Å². The van der Waals surface area contributed by atoms with Crippen LogP contribution in [0.3, 0.4) is 0 Å². The lowest BCUT2D eigenvalue weighted by atomic mass is 10.1. The Balaban J connectivity index is 1.36. The van der Waals surface area contributed by atoms with Crippen molar-refractivity contribution in [3.8, 4) is 0 Å². The Morgan fingerprint density at radius 2 is 1.85 bits per heavy atom. The number of nitrogen functional groups attached to an aromatic ring is 1. The molecule has 2 atom stereocenters. The van der Waals surface area contributed by atoms with E-state index in [2.05, 4.69) is 50.5 Å². The zero-order valence-corrected chi connectivity index (χ0v) is 19.6. The summed E-state index contributed by atoms with van der Waals surface area (Å²) in [7, 11) is 2.14. The average molecular weight is 461 g/mol. The number of aliphatic imine (C=N–C) groups is 3. The van der Waals surface area contributed by atoms with Crippen molar-refractivity contribution in [2.45, 2.75) is 25.7 Å². The van der Waals surface area contributed by atoms with Crippen molar-refractivity contribution in [2.75, 3.05) is 44.3 Å². The number of nitrogens with one attached hydrogen (secondary N) is 4. The smallest absolute Gasteiger partial charge is 0.242 e. The van der Waals surface area contributed by atoms with Crippen LogP contribution in [0.1, 0.15) is 23.6 Å². The molecule has 34 heavy (non-hydrogen) atoms. The number of rotatable bonds is 3. The predicted molar refractivity (Wildman–Crippen MR) is 138 cm³/mol. The van der Waals surface area contributed by atoms with E-state index in [4.69, 9.17) is 20.7 Å². The molecule has 2 aromatic rings. The molecule has 0 spiro atoms. The van der Waals surface area contributed by atoms with Crippen LogP contribution in [-0.2, 0) is 0 Å². The largest absolute Gasteiger partial charge is 0.398 e. The van der Waals surface area contributed by atoms with Gasteiger partial charge in [-0.15, -0.1) is 0 Å². The molecule has 5 rings (SSSR count). The highest BCUT2D eigenvalue weighted by atomic mass is 15.5. The van der Waals surface area contributed by atoms with Crippen LogP contribution in [-0.4, -0.2) is 67.1 Å². The van der Waals surface area contributed by atoms with Gasteiger partial charge >= 0.3 is 0 Å². The van der Waals surface area contributed by atoms with E-state index in [0.717, 1.165) is 61.3 Å².